The van der Waals surface area contributed by atoms with E-state index in [0.29, 0.717) is 42.9 Å². The molecule has 3 rings (SSSR count). The molecule has 2 aromatic rings. The number of halogens is 1. The van der Waals surface area contributed by atoms with Gasteiger partial charge in [-0.05, 0) is 12.1 Å². The van der Waals surface area contributed by atoms with Crippen LogP contribution in [0.3, 0.4) is 0 Å². The summed E-state index contributed by atoms with van der Waals surface area (Å²) < 4.78 is 10.6. The summed E-state index contributed by atoms with van der Waals surface area (Å²) in [6.45, 7) is 2.27. The molecule has 0 radical (unpaired) electrons. The number of nitrogens with zero attached hydrogens (tertiary/aromatic N) is 2. The van der Waals surface area contributed by atoms with Crippen molar-refractivity contribution in [2.24, 2.45) is 0 Å². The van der Waals surface area contributed by atoms with Crippen LogP contribution in [0.2, 0.25) is 5.02 Å². The number of carbonyl (C=O) groups is 1. The first-order chi connectivity index (χ1) is 11.2. The Hall–Kier alpha value is -1.96. The first kappa shape index (κ1) is 15.9. The third kappa shape index (κ3) is 4.28. The van der Waals surface area contributed by atoms with E-state index >= 15 is 0 Å². The maximum atomic E-state index is 11.9. The summed E-state index contributed by atoms with van der Waals surface area (Å²) in [7, 11) is 0. The number of carbonyl (C=O) groups excluding carboxylic acids is 1. The highest BCUT2D eigenvalue weighted by Crippen LogP contribution is 2.19. The van der Waals surface area contributed by atoms with E-state index in [2.05, 4.69) is 20.8 Å². The van der Waals surface area contributed by atoms with Crippen molar-refractivity contribution >= 4 is 17.5 Å². The lowest BCUT2D eigenvalue weighted by Gasteiger charge is -2.22. The third-order valence-electron chi connectivity index (χ3n) is 3.41. The van der Waals surface area contributed by atoms with Gasteiger partial charge in [0.05, 0.1) is 6.61 Å². The highest BCUT2D eigenvalue weighted by atomic mass is 35.5. The van der Waals surface area contributed by atoms with E-state index in [1.54, 1.807) is 12.1 Å². The molecule has 0 spiro atoms. The van der Waals surface area contributed by atoms with Gasteiger partial charge in [0.2, 0.25) is 17.6 Å². The molecule has 1 aliphatic rings. The summed E-state index contributed by atoms with van der Waals surface area (Å²) in [5, 5.41) is 10.5. The Morgan fingerprint density at radius 3 is 3.17 bits per heavy atom. The van der Waals surface area contributed by atoms with Gasteiger partial charge in [-0.1, -0.05) is 28.9 Å². The fraction of sp³-hybridized carbons (Fsp3) is 0.400. The van der Waals surface area contributed by atoms with Crippen LogP contribution >= 0.6 is 11.6 Å². The van der Waals surface area contributed by atoms with Crippen molar-refractivity contribution in [1.29, 1.82) is 0 Å². The minimum absolute atomic E-state index is 0.133. The van der Waals surface area contributed by atoms with Gasteiger partial charge in [-0.25, -0.2) is 0 Å². The van der Waals surface area contributed by atoms with E-state index in [9.17, 15) is 4.79 Å². The first-order valence-corrected chi connectivity index (χ1v) is 7.79. The highest BCUT2D eigenvalue weighted by molar-refractivity contribution is 6.30. The number of ether oxygens (including phenoxy) is 1. The quantitative estimate of drug-likeness (QED) is 0.848. The molecule has 1 aromatic carbocycles. The minimum atomic E-state index is -0.437. The number of benzene rings is 1. The summed E-state index contributed by atoms with van der Waals surface area (Å²) >= 11 is 5.94. The van der Waals surface area contributed by atoms with Crippen LogP contribution in [-0.4, -0.2) is 48.4 Å². The molecular formula is C15H17ClN4O3. The minimum Gasteiger partial charge on any atom is -0.366 e. The molecule has 122 valence electrons. The van der Waals surface area contributed by atoms with Gasteiger partial charge in [0, 0.05) is 36.6 Å². The first-order valence-electron chi connectivity index (χ1n) is 7.41. The fourth-order valence-electron chi connectivity index (χ4n) is 2.24. The van der Waals surface area contributed by atoms with Crippen LogP contribution in [0, 0.1) is 0 Å². The lowest BCUT2D eigenvalue weighted by atomic mass is 10.2. The molecule has 8 heteroatoms. The highest BCUT2D eigenvalue weighted by Gasteiger charge is 2.21. The zero-order chi connectivity index (χ0) is 16.1. The standard InChI is InChI=1S/C15H17ClN4O3/c16-11-3-1-2-10(8-11)14-19-13(23-20-14)4-5-18-15(21)12-9-17-6-7-22-12/h1-3,8,12,17H,4-7,9H2,(H,18,21). The Labute approximate surface area is 138 Å². The van der Waals surface area contributed by atoms with E-state index in [4.69, 9.17) is 20.9 Å². The Kier molecular flexibility index (Phi) is 5.22. The van der Waals surface area contributed by atoms with Crippen molar-refractivity contribution < 1.29 is 14.1 Å². The molecule has 1 aromatic heterocycles. The smallest absolute Gasteiger partial charge is 0.250 e. The predicted molar refractivity (Wildman–Crippen MR) is 84.1 cm³/mol. The van der Waals surface area contributed by atoms with Crippen molar-refractivity contribution in [1.82, 2.24) is 20.8 Å². The van der Waals surface area contributed by atoms with Gasteiger partial charge in [0.1, 0.15) is 6.10 Å². The maximum Gasteiger partial charge on any atom is 0.250 e. The van der Waals surface area contributed by atoms with Crippen LogP contribution in [0.25, 0.3) is 11.4 Å². The van der Waals surface area contributed by atoms with E-state index in [0.717, 1.165) is 12.1 Å². The largest absolute Gasteiger partial charge is 0.366 e. The van der Waals surface area contributed by atoms with Gasteiger partial charge in [-0.15, -0.1) is 0 Å². The number of nitrogens with one attached hydrogen (secondary N) is 2. The van der Waals surface area contributed by atoms with Gasteiger partial charge in [-0.2, -0.15) is 4.98 Å². The summed E-state index contributed by atoms with van der Waals surface area (Å²) in [5.74, 6) is 0.809. The van der Waals surface area contributed by atoms with Crippen LogP contribution in [0.1, 0.15) is 5.89 Å². The van der Waals surface area contributed by atoms with Crippen LogP contribution in [0.5, 0.6) is 0 Å². The lowest BCUT2D eigenvalue weighted by molar-refractivity contribution is -0.134. The Morgan fingerprint density at radius 2 is 2.39 bits per heavy atom. The predicted octanol–water partition coefficient (Wildman–Crippen LogP) is 1.04. The molecule has 0 bridgehead atoms. The molecule has 0 saturated carbocycles. The zero-order valence-electron chi connectivity index (χ0n) is 12.4. The molecular weight excluding hydrogens is 320 g/mol. The molecule has 1 aliphatic heterocycles. The maximum absolute atomic E-state index is 11.9. The van der Waals surface area contributed by atoms with Crippen molar-refractivity contribution in [3.8, 4) is 11.4 Å². The summed E-state index contributed by atoms with van der Waals surface area (Å²) in [4.78, 5) is 16.2. The van der Waals surface area contributed by atoms with Crippen LogP contribution in [0.15, 0.2) is 28.8 Å². The molecule has 1 saturated heterocycles. The summed E-state index contributed by atoms with van der Waals surface area (Å²) in [6, 6.07) is 7.23. The number of amides is 1. The van der Waals surface area contributed by atoms with Crippen molar-refractivity contribution in [3.63, 3.8) is 0 Å². The van der Waals surface area contributed by atoms with Crippen molar-refractivity contribution in [2.75, 3.05) is 26.2 Å². The van der Waals surface area contributed by atoms with E-state index in [-0.39, 0.29) is 5.91 Å². The second-order valence-electron chi connectivity index (χ2n) is 5.13. The number of hydrogen-bond donors (Lipinski definition) is 2. The molecule has 1 atom stereocenters. The fourth-order valence-corrected chi connectivity index (χ4v) is 2.43. The van der Waals surface area contributed by atoms with Crippen LogP contribution in [-0.2, 0) is 16.0 Å². The van der Waals surface area contributed by atoms with Gasteiger partial charge < -0.3 is 19.9 Å². The second kappa shape index (κ2) is 7.54. The topological polar surface area (TPSA) is 89.3 Å². The zero-order valence-corrected chi connectivity index (χ0v) is 13.2. The Bertz CT molecular complexity index is 670. The van der Waals surface area contributed by atoms with Gasteiger partial charge >= 0.3 is 0 Å². The Balaban J connectivity index is 1.50. The number of hydrogen-bond acceptors (Lipinski definition) is 6. The van der Waals surface area contributed by atoms with Gasteiger partial charge in [-0.3, -0.25) is 4.79 Å². The molecule has 1 unspecified atom stereocenters. The Morgan fingerprint density at radius 1 is 1.48 bits per heavy atom. The normalized spacial score (nSPS) is 17.9. The van der Waals surface area contributed by atoms with E-state index in [1.807, 2.05) is 12.1 Å². The molecule has 1 amide bonds. The van der Waals surface area contributed by atoms with E-state index < -0.39 is 6.10 Å². The molecule has 2 N–H and O–H groups in total. The van der Waals surface area contributed by atoms with Crippen molar-refractivity contribution in [2.45, 2.75) is 12.5 Å². The van der Waals surface area contributed by atoms with Crippen LogP contribution in [0.4, 0.5) is 0 Å². The molecule has 7 nitrogen and oxygen atoms in total. The average molecular weight is 337 g/mol. The van der Waals surface area contributed by atoms with Gasteiger partial charge in [0.25, 0.3) is 0 Å². The van der Waals surface area contributed by atoms with Crippen LogP contribution < -0.4 is 10.6 Å². The number of morpholine rings is 1. The molecule has 1 fully saturated rings. The lowest BCUT2D eigenvalue weighted by Crippen LogP contribution is -2.48. The monoisotopic (exact) mass is 336 g/mol. The molecule has 2 heterocycles. The number of rotatable bonds is 5. The third-order valence-corrected chi connectivity index (χ3v) is 3.64. The summed E-state index contributed by atoms with van der Waals surface area (Å²) in [5.41, 5.74) is 0.790. The van der Waals surface area contributed by atoms with Crippen molar-refractivity contribution in [3.05, 3.63) is 35.2 Å². The molecule has 23 heavy (non-hydrogen) atoms. The van der Waals surface area contributed by atoms with E-state index in [1.165, 1.54) is 0 Å². The number of aromatic nitrogens is 2. The SMILES string of the molecule is O=C(NCCc1nc(-c2cccc(Cl)c2)no1)C1CNCCO1. The molecule has 0 aliphatic carbocycles. The van der Waals surface area contributed by atoms with Gasteiger partial charge in [0.15, 0.2) is 0 Å². The summed E-state index contributed by atoms with van der Waals surface area (Å²) in [6.07, 6.45) is 0.0212. The second-order valence-corrected chi connectivity index (χ2v) is 5.56. The average Bonchev–Trinajstić information content (AvgIpc) is 3.04.